The second-order valence-corrected chi connectivity index (χ2v) is 4.46. The largest absolute Gasteiger partial charge is 0.366 e. The fourth-order valence-electron chi connectivity index (χ4n) is 1.88. The van der Waals surface area contributed by atoms with E-state index >= 15 is 0 Å². The molecule has 1 aromatic rings. The zero-order valence-corrected chi connectivity index (χ0v) is 10.5. The number of benzene rings is 1. The monoisotopic (exact) mass is 220 g/mol. The van der Waals surface area contributed by atoms with E-state index in [2.05, 4.69) is 11.0 Å². The number of nitrogens with zero attached hydrogens (tertiary/aromatic N) is 1. The van der Waals surface area contributed by atoms with Crippen LogP contribution < -0.4 is 5.73 Å². The number of aryl methyl sites for hydroxylation is 1. The van der Waals surface area contributed by atoms with Crippen molar-refractivity contribution >= 4 is 5.91 Å². The fourth-order valence-corrected chi connectivity index (χ4v) is 1.88. The van der Waals surface area contributed by atoms with Crippen LogP contribution in [0.15, 0.2) is 12.1 Å². The topological polar surface area (TPSA) is 46.3 Å². The predicted molar refractivity (Wildman–Crippen MR) is 66.7 cm³/mol. The summed E-state index contributed by atoms with van der Waals surface area (Å²) in [6.07, 6.45) is 0.944. The SMILES string of the molecule is Cc1ccc(CCN(C)C)c(C)c1C(N)=O. The lowest BCUT2D eigenvalue weighted by molar-refractivity contribution is 0.0999. The number of hydrogen-bond donors (Lipinski definition) is 1. The van der Waals surface area contributed by atoms with Crippen molar-refractivity contribution in [1.82, 2.24) is 4.90 Å². The average Bonchev–Trinajstić information content (AvgIpc) is 2.15. The van der Waals surface area contributed by atoms with Gasteiger partial charge in [-0.3, -0.25) is 4.79 Å². The molecule has 3 nitrogen and oxygen atoms in total. The molecule has 0 aliphatic carbocycles. The molecule has 1 rings (SSSR count). The molecule has 0 atom stereocenters. The van der Waals surface area contributed by atoms with E-state index in [9.17, 15) is 4.79 Å². The molecule has 1 aromatic carbocycles. The second-order valence-electron chi connectivity index (χ2n) is 4.46. The van der Waals surface area contributed by atoms with Crippen LogP contribution in [-0.4, -0.2) is 31.4 Å². The molecule has 0 radical (unpaired) electrons. The predicted octanol–water partition coefficient (Wildman–Crippen LogP) is 1.51. The molecule has 0 aliphatic heterocycles. The van der Waals surface area contributed by atoms with E-state index in [4.69, 9.17) is 5.73 Å². The lowest BCUT2D eigenvalue weighted by Crippen LogP contribution is -2.18. The highest BCUT2D eigenvalue weighted by molar-refractivity contribution is 5.96. The molecule has 0 spiro atoms. The summed E-state index contributed by atoms with van der Waals surface area (Å²) in [5, 5.41) is 0. The number of carbonyl (C=O) groups excluding carboxylic acids is 1. The van der Waals surface area contributed by atoms with Gasteiger partial charge in [0.1, 0.15) is 0 Å². The summed E-state index contributed by atoms with van der Waals surface area (Å²) in [6, 6.07) is 4.05. The van der Waals surface area contributed by atoms with E-state index in [0.717, 1.165) is 24.1 Å². The van der Waals surface area contributed by atoms with Crippen LogP contribution in [0.3, 0.4) is 0 Å². The van der Waals surface area contributed by atoms with Gasteiger partial charge in [-0.05, 0) is 51.1 Å². The molecule has 0 fully saturated rings. The van der Waals surface area contributed by atoms with Crippen LogP contribution >= 0.6 is 0 Å². The first-order chi connectivity index (χ1) is 7.43. The van der Waals surface area contributed by atoms with Gasteiger partial charge in [0.15, 0.2) is 0 Å². The lowest BCUT2D eigenvalue weighted by atomic mass is 9.95. The molecular formula is C13H20N2O. The van der Waals surface area contributed by atoms with Gasteiger partial charge in [-0.25, -0.2) is 0 Å². The number of hydrogen-bond acceptors (Lipinski definition) is 2. The Balaban J connectivity index is 3.04. The Morgan fingerprint density at radius 2 is 1.94 bits per heavy atom. The molecule has 3 heteroatoms. The van der Waals surface area contributed by atoms with Gasteiger partial charge < -0.3 is 10.6 Å². The number of primary amides is 1. The van der Waals surface area contributed by atoms with Crippen LogP contribution in [0.25, 0.3) is 0 Å². The van der Waals surface area contributed by atoms with E-state index in [1.54, 1.807) is 0 Å². The number of nitrogens with two attached hydrogens (primary N) is 1. The normalized spacial score (nSPS) is 10.8. The first-order valence-electron chi connectivity index (χ1n) is 5.47. The van der Waals surface area contributed by atoms with Crippen molar-refractivity contribution in [2.45, 2.75) is 20.3 Å². The maximum atomic E-state index is 11.3. The molecule has 0 aliphatic rings. The number of rotatable bonds is 4. The Bertz CT molecular complexity index is 397. The van der Waals surface area contributed by atoms with Gasteiger partial charge in [-0.1, -0.05) is 12.1 Å². The van der Waals surface area contributed by atoms with Gasteiger partial charge >= 0.3 is 0 Å². The van der Waals surface area contributed by atoms with Crippen molar-refractivity contribution < 1.29 is 4.79 Å². The third-order valence-electron chi connectivity index (χ3n) is 2.86. The molecule has 0 unspecified atom stereocenters. The molecule has 0 aromatic heterocycles. The molecule has 16 heavy (non-hydrogen) atoms. The standard InChI is InChI=1S/C13H20N2O/c1-9-5-6-11(7-8-15(3)4)10(2)12(9)13(14)16/h5-6H,7-8H2,1-4H3,(H2,14,16). The van der Waals surface area contributed by atoms with Crippen LogP contribution in [0.4, 0.5) is 0 Å². The Morgan fingerprint density at radius 3 is 2.44 bits per heavy atom. The van der Waals surface area contributed by atoms with Crippen LogP contribution in [0.1, 0.15) is 27.0 Å². The maximum absolute atomic E-state index is 11.3. The zero-order valence-electron chi connectivity index (χ0n) is 10.5. The van der Waals surface area contributed by atoms with Crippen molar-refractivity contribution in [3.05, 3.63) is 34.4 Å². The van der Waals surface area contributed by atoms with Crippen molar-refractivity contribution in [3.8, 4) is 0 Å². The van der Waals surface area contributed by atoms with Crippen molar-refractivity contribution in [2.75, 3.05) is 20.6 Å². The fraction of sp³-hybridized carbons (Fsp3) is 0.462. The molecule has 0 saturated heterocycles. The zero-order chi connectivity index (χ0) is 12.3. The van der Waals surface area contributed by atoms with Crippen LogP contribution in [0, 0.1) is 13.8 Å². The molecule has 0 heterocycles. The van der Waals surface area contributed by atoms with Crippen LogP contribution in [0.2, 0.25) is 0 Å². The molecule has 0 saturated carbocycles. The van der Waals surface area contributed by atoms with E-state index in [0.29, 0.717) is 5.56 Å². The third kappa shape index (κ3) is 2.83. The van der Waals surface area contributed by atoms with E-state index in [1.165, 1.54) is 5.56 Å². The van der Waals surface area contributed by atoms with Gasteiger partial charge in [0, 0.05) is 12.1 Å². The van der Waals surface area contributed by atoms with Crippen LogP contribution in [-0.2, 0) is 6.42 Å². The Labute approximate surface area is 97.2 Å². The van der Waals surface area contributed by atoms with Gasteiger partial charge in [-0.2, -0.15) is 0 Å². The Morgan fingerprint density at radius 1 is 1.31 bits per heavy atom. The average molecular weight is 220 g/mol. The quantitative estimate of drug-likeness (QED) is 0.836. The Hall–Kier alpha value is -1.35. The summed E-state index contributed by atoms with van der Waals surface area (Å²) >= 11 is 0. The van der Waals surface area contributed by atoms with E-state index in [1.807, 2.05) is 34.0 Å². The molecule has 88 valence electrons. The van der Waals surface area contributed by atoms with Crippen molar-refractivity contribution in [2.24, 2.45) is 5.73 Å². The minimum atomic E-state index is -0.332. The summed E-state index contributed by atoms with van der Waals surface area (Å²) in [5.74, 6) is -0.332. The summed E-state index contributed by atoms with van der Waals surface area (Å²) in [4.78, 5) is 13.5. The number of likely N-dealkylation sites (N-methyl/N-ethyl adjacent to an activating group) is 1. The maximum Gasteiger partial charge on any atom is 0.249 e. The van der Waals surface area contributed by atoms with Crippen molar-refractivity contribution in [3.63, 3.8) is 0 Å². The van der Waals surface area contributed by atoms with Crippen molar-refractivity contribution in [1.29, 1.82) is 0 Å². The molecule has 1 amide bonds. The smallest absolute Gasteiger partial charge is 0.249 e. The summed E-state index contributed by atoms with van der Waals surface area (Å²) < 4.78 is 0. The van der Waals surface area contributed by atoms with Gasteiger partial charge in [-0.15, -0.1) is 0 Å². The second kappa shape index (κ2) is 5.12. The highest BCUT2D eigenvalue weighted by atomic mass is 16.1. The van der Waals surface area contributed by atoms with Gasteiger partial charge in [0.2, 0.25) is 5.91 Å². The first kappa shape index (κ1) is 12.7. The number of amides is 1. The summed E-state index contributed by atoms with van der Waals surface area (Å²) in [6.45, 7) is 4.86. The van der Waals surface area contributed by atoms with Gasteiger partial charge in [0.05, 0.1) is 0 Å². The highest BCUT2D eigenvalue weighted by Crippen LogP contribution is 2.18. The van der Waals surface area contributed by atoms with Crippen LogP contribution in [0.5, 0.6) is 0 Å². The van der Waals surface area contributed by atoms with E-state index in [-0.39, 0.29) is 5.91 Å². The molecule has 2 N–H and O–H groups in total. The number of carbonyl (C=O) groups is 1. The summed E-state index contributed by atoms with van der Waals surface area (Å²) in [7, 11) is 4.08. The third-order valence-corrected chi connectivity index (χ3v) is 2.86. The lowest BCUT2D eigenvalue weighted by Gasteiger charge is -2.14. The van der Waals surface area contributed by atoms with Gasteiger partial charge in [0.25, 0.3) is 0 Å². The highest BCUT2D eigenvalue weighted by Gasteiger charge is 2.11. The first-order valence-corrected chi connectivity index (χ1v) is 5.47. The minimum Gasteiger partial charge on any atom is -0.366 e. The van der Waals surface area contributed by atoms with E-state index < -0.39 is 0 Å². The summed E-state index contributed by atoms with van der Waals surface area (Å²) in [5.41, 5.74) is 9.25. The minimum absolute atomic E-state index is 0.332. The molecule has 0 bridgehead atoms. The molecular weight excluding hydrogens is 200 g/mol. The Kier molecular flexibility index (Phi) is 4.07.